The Hall–Kier alpha value is -0.950. The van der Waals surface area contributed by atoms with E-state index in [1.165, 1.54) is 24.8 Å². The van der Waals surface area contributed by atoms with E-state index in [1.807, 2.05) is 18.2 Å². The van der Waals surface area contributed by atoms with Gasteiger partial charge in [0.25, 0.3) is 0 Å². The van der Waals surface area contributed by atoms with E-state index in [9.17, 15) is 0 Å². The van der Waals surface area contributed by atoms with Crippen LogP contribution >= 0.6 is 11.6 Å². The van der Waals surface area contributed by atoms with E-state index in [2.05, 4.69) is 6.08 Å². The molecule has 0 aliphatic heterocycles. The molecule has 2 heteroatoms. The average molecular weight is 208 g/mol. The van der Waals surface area contributed by atoms with Gasteiger partial charge >= 0.3 is 0 Å². The summed E-state index contributed by atoms with van der Waals surface area (Å²) in [6.45, 7) is 0. The predicted octanol–water partition coefficient (Wildman–Crippen LogP) is 3.88. The van der Waals surface area contributed by atoms with Crippen LogP contribution in [-0.4, -0.2) is 0 Å². The van der Waals surface area contributed by atoms with Gasteiger partial charge in [-0.1, -0.05) is 23.7 Å². The molecule has 0 aromatic heterocycles. The van der Waals surface area contributed by atoms with Gasteiger partial charge < -0.3 is 5.73 Å². The van der Waals surface area contributed by atoms with Gasteiger partial charge in [0.15, 0.2) is 0 Å². The number of benzene rings is 1. The van der Waals surface area contributed by atoms with E-state index in [4.69, 9.17) is 17.3 Å². The zero-order valence-corrected chi connectivity index (χ0v) is 8.85. The highest BCUT2D eigenvalue weighted by Gasteiger charge is 2.08. The van der Waals surface area contributed by atoms with Crippen molar-refractivity contribution in [3.05, 3.63) is 34.9 Å². The highest BCUT2D eigenvalue weighted by molar-refractivity contribution is 6.30. The SMILES string of the molecule is Nc1cc(Cl)ccc1C1=CCCCC1. The number of hydrogen-bond donors (Lipinski definition) is 1. The number of allylic oxidation sites excluding steroid dienone is 2. The van der Waals surface area contributed by atoms with Crippen molar-refractivity contribution in [3.63, 3.8) is 0 Å². The third kappa shape index (κ3) is 1.93. The van der Waals surface area contributed by atoms with Crippen molar-refractivity contribution in [2.24, 2.45) is 0 Å². The van der Waals surface area contributed by atoms with Crippen LogP contribution in [-0.2, 0) is 0 Å². The highest BCUT2D eigenvalue weighted by Crippen LogP contribution is 2.31. The van der Waals surface area contributed by atoms with Gasteiger partial charge in [-0.2, -0.15) is 0 Å². The fraction of sp³-hybridized carbons (Fsp3) is 0.333. The molecule has 0 spiro atoms. The monoisotopic (exact) mass is 207 g/mol. The van der Waals surface area contributed by atoms with Crippen LogP contribution in [0.5, 0.6) is 0 Å². The molecule has 0 saturated carbocycles. The average Bonchev–Trinajstić information content (AvgIpc) is 2.19. The van der Waals surface area contributed by atoms with Crippen LogP contribution in [0.15, 0.2) is 24.3 Å². The van der Waals surface area contributed by atoms with Crippen molar-refractivity contribution in [2.45, 2.75) is 25.7 Å². The van der Waals surface area contributed by atoms with Crippen molar-refractivity contribution >= 4 is 22.9 Å². The molecule has 1 nitrogen and oxygen atoms in total. The third-order valence-corrected chi connectivity index (χ3v) is 2.89. The van der Waals surface area contributed by atoms with Crippen molar-refractivity contribution in [3.8, 4) is 0 Å². The Morgan fingerprint density at radius 1 is 1.21 bits per heavy atom. The summed E-state index contributed by atoms with van der Waals surface area (Å²) in [4.78, 5) is 0. The van der Waals surface area contributed by atoms with E-state index in [0.717, 1.165) is 17.7 Å². The lowest BCUT2D eigenvalue weighted by atomic mass is 9.93. The molecule has 0 amide bonds. The molecule has 1 aromatic rings. The summed E-state index contributed by atoms with van der Waals surface area (Å²) in [6, 6.07) is 5.75. The first-order chi connectivity index (χ1) is 6.77. The summed E-state index contributed by atoms with van der Waals surface area (Å²) < 4.78 is 0. The maximum absolute atomic E-state index is 5.93. The number of nitrogen functional groups attached to an aromatic ring is 1. The van der Waals surface area contributed by atoms with Gasteiger partial charge in [0.05, 0.1) is 0 Å². The summed E-state index contributed by atoms with van der Waals surface area (Å²) >= 11 is 5.86. The Morgan fingerprint density at radius 2 is 2.07 bits per heavy atom. The van der Waals surface area contributed by atoms with Crippen LogP contribution in [0, 0.1) is 0 Å². The Morgan fingerprint density at radius 3 is 2.71 bits per heavy atom. The van der Waals surface area contributed by atoms with E-state index < -0.39 is 0 Å². The van der Waals surface area contributed by atoms with Gasteiger partial charge in [0.2, 0.25) is 0 Å². The number of nitrogens with two attached hydrogens (primary N) is 1. The lowest BCUT2D eigenvalue weighted by Crippen LogP contribution is -1.97. The van der Waals surface area contributed by atoms with Crippen LogP contribution in [0.25, 0.3) is 5.57 Å². The van der Waals surface area contributed by atoms with Gasteiger partial charge in [-0.25, -0.2) is 0 Å². The summed E-state index contributed by atoms with van der Waals surface area (Å²) in [5.74, 6) is 0. The van der Waals surface area contributed by atoms with Crippen LogP contribution in [0.2, 0.25) is 5.02 Å². The van der Waals surface area contributed by atoms with Gasteiger partial charge in [-0.05, 0) is 43.4 Å². The predicted molar refractivity (Wildman–Crippen MR) is 62.3 cm³/mol. The Bertz CT molecular complexity index is 369. The molecule has 0 radical (unpaired) electrons. The highest BCUT2D eigenvalue weighted by atomic mass is 35.5. The summed E-state index contributed by atoms with van der Waals surface area (Å²) in [6.07, 6.45) is 7.19. The largest absolute Gasteiger partial charge is 0.398 e. The summed E-state index contributed by atoms with van der Waals surface area (Å²) in [5.41, 5.74) is 9.27. The molecule has 0 bridgehead atoms. The van der Waals surface area contributed by atoms with Gasteiger partial charge in [-0.3, -0.25) is 0 Å². The van der Waals surface area contributed by atoms with Gasteiger partial charge in [-0.15, -0.1) is 0 Å². The first kappa shape index (κ1) is 9.60. The molecule has 2 rings (SSSR count). The molecule has 2 N–H and O–H groups in total. The second-order valence-electron chi connectivity index (χ2n) is 3.71. The standard InChI is InChI=1S/C12H14ClN/c13-10-6-7-11(12(14)8-10)9-4-2-1-3-5-9/h4,6-8H,1-3,5,14H2. The fourth-order valence-electron chi connectivity index (χ4n) is 1.91. The van der Waals surface area contributed by atoms with Gasteiger partial charge in [0, 0.05) is 16.3 Å². The number of anilines is 1. The van der Waals surface area contributed by atoms with Gasteiger partial charge in [0.1, 0.15) is 0 Å². The fourth-order valence-corrected chi connectivity index (χ4v) is 2.09. The number of rotatable bonds is 1. The van der Waals surface area contributed by atoms with E-state index in [0.29, 0.717) is 5.02 Å². The molecule has 1 aromatic carbocycles. The summed E-state index contributed by atoms with van der Waals surface area (Å²) in [7, 11) is 0. The van der Waals surface area contributed by atoms with Crippen molar-refractivity contribution < 1.29 is 0 Å². The molecule has 0 saturated heterocycles. The smallest absolute Gasteiger partial charge is 0.0426 e. The topological polar surface area (TPSA) is 26.0 Å². The van der Waals surface area contributed by atoms with Crippen molar-refractivity contribution in [1.82, 2.24) is 0 Å². The second kappa shape index (κ2) is 4.05. The molecule has 0 heterocycles. The second-order valence-corrected chi connectivity index (χ2v) is 4.14. The molecular formula is C12H14ClN. The zero-order valence-electron chi connectivity index (χ0n) is 8.09. The van der Waals surface area contributed by atoms with Crippen LogP contribution in [0.1, 0.15) is 31.2 Å². The molecule has 0 unspecified atom stereocenters. The first-order valence-corrected chi connectivity index (χ1v) is 5.39. The molecule has 1 aliphatic carbocycles. The normalized spacial score (nSPS) is 16.5. The van der Waals surface area contributed by atoms with Crippen LogP contribution in [0.4, 0.5) is 5.69 Å². The molecule has 0 atom stereocenters. The third-order valence-electron chi connectivity index (χ3n) is 2.65. The maximum Gasteiger partial charge on any atom is 0.0426 e. The molecular weight excluding hydrogens is 194 g/mol. The molecule has 14 heavy (non-hydrogen) atoms. The molecule has 1 aliphatic rings. The lowest BCUT2D eigenvalue weighted by molar-refractivity contribution is 0.742. The lowest BCUT2D eigenvalue weighted by Gasteiger charge is -2.14. The zero-order chi connectivity index (χ0) is 9.97. The number of hydrogen-bond acceptors (Lipinski definition) is 1. The molecule has 0 fully saturated rings. The minimum atomic E-state index is 0.711. The number of halogens is 1. The first-order valence-electron chi connectivity index (χ1n) is 5.02. The quantitative estimate of drug-likeness (QED) is 0.695. The van der Waals surface area contributed by atoms with Crippen LogP contribution in [0.3, 0.4) is 0 Å². The minimum Gasteiger partial charge on any atom is -0.398 e. The maximum atomic E-state index is 5.93. The minimum absolute atomic E-state index is 0.711. The van der Waals surface area contributed by atoms with Crippen molar-refractivity contribution in [1.29, 1.82) is 0 Å². The van der Waals surface area contributed by atoms with E-state index in [-0.39, 0.29) is 0 Å². The Kier molecular flexibility index (Phi) is 2.78. The summed E-state index contributed by atoms with van der Waals surface area (Å²) in [5, 5.41) is 0.711. The Balaban J connectivity index is 2.35. The molecule has 74 valence electrons. The Labute approximate surface area is 89.6 Å². The van der Waals surface area contributed by atoms with E-state index >= 15 is 0 Å². The van der Waals surface area contributed by atoms with E-state index in [1.54, 1.807) is 0 Å². The van der Waals surface area contributed by atoms with Crippen LogP contribution < -0.4 is 5.73 Å². The van der Waals surface area contributed by atoms with Crippen molar-refractivity contribution in [2.75, 3.05) is 5.73 Å².